The molecule has 0 spiro atoms. The number of rotatable bonds is 5. The van der Waals surface area contributed by atoms with Gasteiger partial charge in [-0.1, -0.05) is 6.07 Å². The molecule has 0 bridgehead atoms. The summed E-state index contributed by atoms with van der Waals surface area (Å²) in [5.74, 6) is -0.541. The normalized spacial score (nSPS) is 11.4. The molecule has 2 aromatic carbocycles. The van der Waals surface area contributed by atoms with Crippen molar-refractivity contribution >= 4 is 23.4 Å². The maximum atomic E-state index is 13.8. The zero-order valence-corrected chi connectivity index (χ0v) is 14.1. The van der Waals surface area contributed by atoms with Crippen LogP contribution >= 0.6 is 0 Å². The van der Waals surface area contributed by atoms with Crippen LogP contribution in [-0.2, 0) is 9.53 Å². The average Bonchev–Trinajstić information content (AvgIpc) is 2.58. The Morgan fingerprint density at radius 2 is 1.76 bits per heavy atom. The Morgan fingerprint density at radius 3 is 2.36 bits per heavy atom. The van der Waals surface area contributed by atoms with Crippen LogP contribution in [0.1, 0.15) is 12.5 Å². The molecule has 0 radical (unpaired) electrons. The van der Waals surface area contributed by atoms with Crippen molar-refractivity contribution in [2.75, 3.05) is 17.7 Å². The molecule has 0 aliphatic carbocycles. The number of nitrogens with one attached hydrogen (secondary N) is 2. The number of amides is 2. The Bertz CT molecular complexity index is 762. The maximum Gasteiger partial charge on any atom is 0.411 e. The van der Waals surface area contributed by atoms with E-state index < -0.39 is 23.9 Å². The molecule has 0 saturated carbocycles. The number of carbonyl (C=O) groups is 2. The van der Waals surface area contributed by atoms with Gasteiger partial charge < -0.3 is 14.8 Å². The molecule has 2 amide bonds. The third-order valence-electron chi connectivity index (χ3n) is 3.35. The zero-order valence-electron chi connectivity index (χ0n) is 14.1. The summed E-state index contributed by atoms with van der Waals surface area (Å²) in [6.07, 6.45) is -1.42. The van der Waals surface area contributed by atoms with E-state index in [-0.39, 0.29) is 5.69 Å². The van der Waals surface area contributed by atoms with Crippen LogP contribution in [0.2, 0.25) is 0 Å². The molecule has 6 nitrogen and oxygen atoms in total. The van der Waals surface area contributed by atoms with E-state index >= 15 is 0 Å². The highest BCUT2D eigenvalue weighted by Crippen LogP contribution is 2.19. The van der Waals surface area contributed by atoms with Crippen LogP contribution in [-0.4, -0.2) is 25.2 Å². The predicted molar refractivity (Wildman–Crippen MR) is 92.3 cm³/mol. The average molecular weight is 346 g/mol. The molecule has 0 aliphatic rings. The highest BCUT2D eigenvalue weighted by atomic mass is 19.1. The number of halogens is 1. The number of ether oxygens (including phenoxy) is 2. The Balaban J connectivity index is 1.95. The summed E-state index contributed by atoms with van der Waals surface area (Å²) >= 11 is 0. The summed E-state index contributed by atoms with van der Waals surface area (Å²) in [6.45, 7) is 3.32. The lowest BCUT2D eigenvalue weighted by atomic mass is 10.2. The number of carbonyl (C=O) groups excluding carboxylic acids is 2. The summed E-state index contributed by atoms with van der Waals surface area (Å²) in [7, 11) is 1.27. The van der Waals surface area contributed by atoms with Gasteiger partial charge in [-0.15, -0.1) is 0 Å². The SMILES string of the molecule is COC(=O)Nc1ccc(O[C@@H](C)C(=O)Nc2ccc(C)cc2F)cc1. The molecule has 0 saturated heterocycles. The largest absolute Gasteiger partial charge is 0.481 e. The standard InChI is InChI=1S/C18H19FN2O4/c1-11-4-9-16(15(19)10-11)21-17(22)12(2)25-14-7-5-13(6-8-14)20-18(23)24-3/h4-10,12H,1-3H3,(H,20,23)(H,21,22)/t12-/m0/s1. The molecule has 132 valence electrons. The molecule has 25 heavy (non-hydrogen) atoms. The maximum absolute atomic E-state index is 13.8. The molecule has 0 fully saturated rings. The minimum atomic E-state index is -0.833. The summed E-state index contributed by atoms with van der Waals surface area (Å²) in [5, 5.41) is 4.99. The van der Waals surface area contributed by atoms with Gasteiger partial charge in [0.25, 0.3) is 5.91 Å². The van der Waals surface area contributed by atoms with Gasteiger partial charge in [0.1, 0.15) is 11.6 Å². The first-order chi connectivity index (χ1) is 11.9. The Kier molecular flexibility index (Phi) is 5.94. The van der Waals surface area contributed by atoms with Gasteiger partial charge in [0.2, 0.25) is 0 Å². The van der Waals surface area contributed by atoms with E-state index in [2.05, 4.69) is 15.4 Å². The van der Waals surface area contributed by atoms with E-state index in [1.54, 1.807) is 44.2 Å². The van der Waals surface area contributed by atoms with Crippen LogP contribution in [0.4, 0.5) is 20.6 Å². The number of methoxy groups -OCH3 is 1. The van der Waals surface area contributed by atoms with E-state index in [1.165, 1.54) is 19.2 Å². The second-order valence-corrected chi connectivity index (χ2v) is 5.37. The zero-order chi connectivity index (χ0) is 18.4. The molecule has 0 unspecified atom stereocenters. The van der Waals surface area contributed by atoms with Gasteiger partial charge >= 0.3 is 6.09 Å². The van der Waals surface area contributed by atoms with Crippen LogP contribution in [0.15, 0.2) is 42.5 Å². The van der Waals surface area contributed by atoms with Crippen molar-refractivity contribution in [3.8, 4) is 5.75 Å². The first-order valence-corrected chi connectivity index (χ1v) is 7.57. The topological polar surface area (TPSA) is 76.7 Å². The first kappa shape index (κ1) is 18.3. The summed E-state index contributed by atoms with van der Waals surface area (Å²) < 4.78 is 23.8. The second-order valence-electron chi connectivity index (χ2n) is 5.37. The molecular formula is C18H19FN2O4. The van der Waals surface area contributed by atoms with Crippen molar-refractivity contribution in [2.45, 2.75) is 20.0 Å². The van der Waals surface area contributed by atoms with Gasteiger partial charge in [0.15, 0.2) is 6.10 Å². The fourth-order valence-corrected chi connectivity index (χ4v) is 2.00. The van der Waals surface area contributed by atoms with E-state index in [9.17, 15) is 14.0 Å². The Labute approximate surface area is 144 Å². The Morgan fingerprint density at radius 1 is 1.08 bits per heavy atom. The van der Waals surface area contributed by atoms with Crippen LogP contribution in [0.5, 0.6) is 5.75 Å². The third kappa shape index (κ3) is 5.20. The van der Waals surface area contributed by atoms with E-state index in [0.29, 0.717) is 11.4 Å². The summed E-state index contributed by atoms with van der Waals surface area (Å²) in [6, 6.07) is 11.0. The second kappa shape index (κ2) is 8.14. The van der Waals surface area contributed by atoms with Gasteiger partial charge in [-0.3, -0.25) is 10.1 Å². The highest BCUT2D eigenvalue weighted by molar-refractivity contribution is 5.94. The lowest BCUT2D eigenvalue weighted by molar-refractivity contribution is -0.122. The lowest BCUT2D eigenvalue weighted by Crippen LogP contribution is -2.30. The van der Waals surface area contributed by atoms with Gasteiger partial charge in [-0.2, -0.15) is 0 Å². The smallest absolute Gasteiger partial charge is 0.411 e. The van der Waals surface area contributed by atoms with Gasteiger partial charge in [-0.05, 0) is 55.8 Å². The number of anilines is 2. The molecule has 2 aromatic rings. The van der Waals surface area contributed by atoms with Gasteiger partial charge in [0, 0.05) is 5.69 Å². The molecule has 0 aliphatic heterocycles. The van der Waals surface area contributed by atoms with E-state index in [0.717, 1.165) is 5.56 Å². The third-order valence-corrected chi connectivity index (χ3v) is 3.35. The van der Waals surface area contributed by atoms with E-state index in [1.807, 2.05) is 0 Å². The van der Waals surface area contributed by atoms with Crippen LogP contribution in [0, 0.1) is 12.7 Å². The molecular weight excluding hydrogens is 327 g/mol. The number of hydrogen-bond donors (Lipinski definition) is 2. The number of benzene rings is 2. The minimum absolute atomic E-state index is 0.101. The van der Waals surface area contributed by atoms with Crippen molar-refractivity contribution in [3.05, 3.63) is 53.8 Å². The van der Waals surface area contributed by atoms with Crippen LogP contribution < -0.4 is 15.4 Å². The molecule has 1 atom stereocenters. The van der Waals surface area contributed by atoms with E-state index in [4.69, 9.17) is 4.74 Å². The van der Waals surface area contributed by atoms with Crippen LogP contribution in [0.3, 0.4) is 0 Å². The van der Waals surface area contributed by atoms with Gasteiger partial charge in [0.05, 0.1) is 12.8 Å². The van der Waals surface area contributed by atoms with Crippen LogP contribution in [0.25, 0.3) is 0 Å². The fourth-order valence-electron chi connectivity index (χ4n) is 2.00. The molecule has 2 N–H and O–H groups in total. The predicted octanol–water partition coefficient (Wildman–Crippen LogP) is 3.72. The monoisotopic (exact) mass is 346 g/mol. The highest BCUT2D eigenvalue weighted by Gasteiger charge is 2.16. The molecule has 0 heterocycles. The van der Waals surface area contributed by atoms with Crippen molar-refractivity contribution in [3.63, 3.8) is 0 Å². The first-order valence-electron chi connectivity index (χ1n) is 7.57. The quantitative estimate of drug-likeness (QED) is 0.865. The number of aryl methyl sites for hydroxylation is 1. The van der Waals surface area contributed by atoms with Crippen molar-refractivity contribution in [1.29, 1.82) is 0 Å². The summed E-state index contributed by atoms with van der Waals surface area (Å²) in [4.78, 5) is 23.2. The molecule has 2 rings (SSSR count). The number of hydrogen-bond acceptors (Lipinski definition) is 4. The lowest BCUT2D eigenvalue weighted by Gasteiger charge is -2.15. The van der Waals surface area contributed by atoms with Crippen molar-refractivity contribution in [1.82, 2.24) is 0 Å². The van der Waals surface area contributed by atoms with Crippen molar-refractivity contribution < 1.29 is 23.5 Å². The summed E-state index contributed by atoms with van der Waals surface area (Å²) in [5.41, 5.74) is 1.39. The molecule has 7 heteroatoms. The fraction of sp³-hybridized carbons (Fsp3) is 0.222. The Hall–Kier alpha value is -3.09. The van der Waals surface area contributed by atoms with Gasteiger partial charge in [-0.25, -0.2) is 9.18 Å². The van der Waals surface area contributed by atoms with Crippen molar-refractivity contribution in [2.24, 2.45) is 0 Å². The minimum Gasteiger partial charge on any atom is -0.481 e. The molecule has 0 aromatic heterocycles.